The number of nitriles is 1. The first kappa shape index (κ1) is 24.7. The summed E-state index contributed by atoms with van der Waals surface area (Å²) in [5.41, 5.74) is 0.404. The minimum absolute atomic E-state index is 0.0601. The number of benzene rings is 2. The van der Waals surface area contributed by atoms with Gasteiger partial charge in [0.05, 0.1) is 17.5 Å². The molecule has 0 unspecified atom stereocenters. The first-order valence-corrected chi connectivity index (χ1v) is 13.7. The van der Waals surface area contributed by atoms with Crippen molar-refractivity contribution >= 4 is 16.1 Å². The molecule has 2 atom stereocenters. The molecule has 3 aliphatic rings. The van der Waals surface area contributed by atoms with E-state index in [9.17, 15) is 22.9 Å². The first-order chi connectivity index (χ1) is 17.2. The number of amides is 2. The van der Waals surface area contributed by atoms with Gasteiger partial charge in [-0.15, -0.1) is 0 Å². The number of carbonyl (C=O) groups is 1. The number of carbonyl (C=O) groups excluding carboxylic acids is 1. The molecule has 1 aliphatic heterocycles. The van der Waals surface area contributed by atoms with Crippen LogP contribution in [0.1, 0.15) is 31.2 Å². The summed E-state index contributed by atoms with van der Waals surface area (Å²) in [5.74, 6) is -0.436. The zero-order chi connectivity index (χ0) is 25.6. The topological polar surface area (TPSA) is 102 Å². The van der Waals surface area contributed by atoms with E-state index in [4.69, 9.17) is 0 Å². The van der Waals surface area contributed by atoms with Crippen molar-refractivity contribution in [1.82, 2.24) is 14.9 Å². The molecule has 190 valence electrons. The molecular formula is C26H28F2N4O3S. The molecule has 2 N–H and O–H groups in total. The van der Waals surface area contributed by atoms with E-state index in [1.807, 2.05) is 18.2 Å². The Balaban J connectivity index is 1.46. The Morgan fingerprint density at radius 2 is 1.83 bits per heavy atom. The molecule has 1 heterocycles. The summed E-state index contributed by atoms with van der Waals surface area (Å²) in [4.78, 5) is 14.8. The summed E-state index contributed by atoms with van der Waals surface area (Å²) in [6.45, 7) is 0.486. The molecule has 7 nitrogen and oxygen atoms in total. The Labute approximate surface area is 209 Å². The number of urea groups is 1. The number of nitrogens with one attached hydrogen (secondary N) is 2. The molecule has 1 spiro atoms. The zero-order valence-electron chi connectivity index (χ0n) is 19.7. The summed E-state index contributed by atoms with van der Waals surface area (Å²) in [6, 6.07) is 12.9. The largest absolute Gasteiger partial charge is 0.336 e. The van der Waals surface area contributed by atoms with Gasteiger partial charge in [-0.1, -0.05) is 48.5 Å². The monoisotopic (exact) mass is 514 g/mol. The molecule has 5 rings (SSSR count). The fourth-order valence-electron chi connectivity index (χ4n) is 5.28. The van der Waals surface area contributed by atoms with Gasteiger partial charge < -0.3 is 10.2 Å². The van der Waals surface area contributed by atoms with E-state index in [0.717, 1.165) is 0 Å². The van der Waals surface area contributed by atoms with Crippen LogP contribution < -0.4 is 10.0 Å². The van der Waals surface area contributed by atoms with Crippen molar-refractivity contribution in [2.45, 2.75) is 44.2 Å². The van der Waals surface area contributed by atoms with Gasteiger partial charge in [0.1, 0.15) is 5.82 Å². The van der Waals surface area contributed by atoms with Crippen LogP contribution in [0.15, 0.2) is 48.5 Å². The number of halogens is 2. The van der Waals surface area contributed by atoms with Crippen molar-refractivity contribution in [3.63, 3.8) is 0 Å². The third kappa shape index (κ3) is 4.70. The predicted molar refractivity (Wildman–Crippen MR) is 130 cm³/mol. The maximum absolute atomic E-state index is 15.7. The van der Waals surface area contributed by atoms with Gasteiger partial charge >= 0.3 is 6.03 Å². The SMILES string of the molecule is N#CC1(CNC(=O)N2CC3(CC3)[C@H](NS(=O)(=O)CF)[C@@H]2Cc2cccc(-c3ccccc3)c2F)CC1. The maximum Gasteiger partial charge on any atom is 0.317 e. The second-order valence-corrected chi connectivity index (χ2v) is 12.0. The highest BCUT2D eigenvalue weighted by atomic mass is 32.2. The summed E-state index contributed by atoms with van der Waals surface area (Å²) in [6.07, 6.45) is 2.86. The zero-order valence-corrected chi connectivity index (χ0v) is 20.5. The second-order valence-electron chi connectivity index (χ2n) is 10.3. The van der Waals surface area contributed by atoms with Crippen molar-refractivity contribution in [1.29, 1.82) is 5.26 Å². The Kier molecular flexibility index (Phi) is 6.25. The van der Waals surface area contributed by atoms with Gasteiger partial charge in [0, 0.05) is 30.1 Å². The maximum atomic E-state index is 15.7. The molecular weight excluding hydrogens is 486 g/mol. The molecule has 36 heavy (non-hydrogen) atoms. The van der Waals surface area contributed by atoms with Crippen LogP contribution in [0.25, 0.3) is 11.1 Å². The van der Waals surface area contributed by atoms with E-state index in [1.54, 1.807) is 35.2 Å². The highest BCUT2D eigenvalue weighted by Crippen LogP contribution is 2.55. The Bertz CT molecular complexity index is 1300. The number of hydrogen-bond donors (Lipinski definition) is 2. The molecule has 2 aromatic carbocycles. The molecule has 1 saturated heterocycles. The molecule has 0 bridgehead atoms. The average Bonchev–Trinajstić information content (AvgIpc) is 3.80. The number of sulfonamides is 1. The van der Waals surface area contributed by atoms with Crippen LogP contribution in [-0.2, 0) is 16.4 Å². The van der Waals surface area contributed by atoms with Gasteiger partial charge in [-0.3, -0.25) is 0 Å². The van der Waals surface area contributed by atoms with E-state index < -0.39 is 50.8 Å². The summed E-state index contributed by atoms with van der Waals surface area (Å²) < 4.78 is 55.9. The molecule has 2 aromatic rings. The van der Waals surface area contributed by atoms with Crippen molar-refractivity contribution in [2.24, 2.45) is 10.8 Å². The number of hydrogen-bond acceptors (Lipinski definition) is 4. The van der Waals surface area contributed by atoms with Gasteiger partial charge in [-0.05, 0) is 43.2 Å². The van der Waals surface area contributed by atoms with Gasteiger partial charge in [0.15, 0.2) is 0 Å². The highest BCUT2D eigenvalue weighted by molar-refractivity contribution is 7.89. The molecule has 10 heteroatoms. The van der Waals surface area contributed by atoms with Crippen LogP contribution in [0.3, 0.4) is 0 Å². The van der Waals surface area contributed by atoms with Gasteiger partial charge in [-0.25, -0.2) is 26.7 Å². The Morgan fingerprint density at radius 1 is 1.11 bits per heavy atom. The van der Waals surface area contributed by atoms with E-state index in [-0.39, 0.29) is 19.5 Å². The van der Waals surface area contributed by atoms with Crippen LogP contribution in [0.2, 0.25) is 0 Å². The molecule has 2 aliphatic carbocycles. The lowest BCUT2D eigenvalue weighted by Crippen LogP contribution is -2.52. The average molecular weight is 515 g/mol. The minimum Gasteiger partial charge on any atom is -0.336 e. The Morgan fingerprint density at radius 3 is 2.44 bits per heavy atom. The summed E-state index contributed by atoms with van der Waals surface area (Å²) in [7, 11) is -4.21. The fraction of sp³-hybridized carbons (Fsp3) is 0.462. The molecule has 0 aromatic heterocycles. The molecule has 2 amide bonds. The lowest BCUT2D eigenvalue weighted by Gasteiger charge is -2.30. The summed E-state index contributed by atoms with van der Waals surface area (Å²) >= 11 is 0. The third-order valence-corrected chi connectivity index (χ3v) is 8.69. The van der Waals surface area contributed by atoms with Gasteiger partial charge in [0.25, 0.3) is 0 Å². The van der Waals surface area contributed by atoms with E-state index in [2.05, 4.69) is 16.1 Å². The predicted octanol–water partition coefficient (Wildman–Crippen LogP) is 3.73. The molecule has 3 fully saturated rings. The number of alkyl halides is 1. The van der Waals surface area contributed by atoms with Crippen molar-refractivity contribution < 1.29 is 22.0 Å². The van der Waals surface area contributed by atoms with Crippen LogP contribution in [0, 0.1) is 28.0 Å². The number of rotatable bonds is 8. The molecule has 0 radical (unpaired) electrons. The minimum atomic E-state index is -4.21. The van der Waals surface area contributed by atoms with Crippen molar-refractivity contribution in [3.8, 4) is 17.2 Å². The van der Waals surface area contributed by atoms with Crippen LogP contribution in [0.4, 0.5) is 13.6 Å². The first-order valence-electron chi connectivity index (χ1n) is 12.1. The highest BCUT2D eigenvalue weighted by Gasteiger charge is 2.61. The Hall–Kier alpha value is -3.03. The smallest absolute Gasteiger partial charge is 0.317 e. The summed E-state index contributed by atoms with van der Waals surface area (Å²) in [5, 5.41) is 12.2. The van der Waals surface area contributed by atoms with E-state index in [0.29, 0.717) is 42.4 Å². The standard InChI is InChI=1S/C26H28F2N4O3S/c27-17-36(34,35)31-23-21(13-19-7-4-8-20(22(19)28)18-5-2-1-3-6-18)32(16-26(23)11-12-26)24(33)30-15-25(14-29)9-10-25/h1-8,21,23,31H,9-13,15-17H2,(H,30,33)/t21-,23+/m0/s1. The van der Waals surface area contributed by atoms with Crippen LogP contribution in [0.5, 0.6) is 0 Å². The van der Waals surface area contributed by atoms with Crippen LogP contribution in [-0.4, -0.2) is 50.5 Å². The molecule has 2 saturated carbocycles. The van der Waals surface area contributed by atoms with Crippen LogP contribution >= 0.6 is 0 Å². The van der Waals surface area contributed by atoms with E-state index in [1.165, 1.54) is 0 Å². The number of likely N-dealkylation sites (tertiary alicyclic amines) is 1. The second kappa shape index (κ2) is 9.12. The van der Waals surface area contributed by atoms with E-state index >= 15 is 4.39 Å². The quantitative estimate of drug-likeness (QED) is 0.560. The van der Waals surface area contributed by atoms with Gasteiger partial charge in [0.2, 0.25) is 16.0 Å². The van der Waals surface area contributed by atoms with Crippen molar-refractivity contribution in [3.05, 3.63) is 59.9 Å². The fourth-order valence-corrected chi connectivity index (χ4v) is 6.14. The lowest BCUT2D eigenvalue weighted by molar-refractivity contribution is 0.187. The normalized spacial score (nSPS) is 23.3. The van der Waals surface area contributed by atoms with Gasteiger partial charge in [-0.2, -0.15) is 5.26 Å². The van der Waals surface area contributed by atoms with Crippen molar-refractivity contribution in [2.75, 3.05) is 19.1 Å². The third-order valence-electron chi connectivity index (χ3n) is 7.79. The number of nitrogens with zero attached hydrogens (tertiary/aromatic N) is 2. The lowest BCUT2D eigenvalue weighted by atomic mass is 9.91.